The minimum absolute atomic E-state index is 0.0502. The second kappa shape index (κ2) is 8.51. The fourth-order valence-corrected chi connectivity index (χ4v) is 2.18. The van der Waals surface area contributed by atoms with E-state index in [0.717, 1.165) is 12.1 Å². The third-order valence-corrected chi connectivity index (χ3v) is 3.83. The van der Waals surface area contributed by atoms with Crippen LogP contribution in [0.2, 0.25) is 0 Å². The highest BCUT2D eigenvalue weighted by Gasteiger charge is 2.31. The van der Waals surface area contributed by atoms with Crippen LogP contribution >= 0.6 is 0 Å². The zero-order valence-corrected chi connectivity index (χ0v) is 15.0. The van der Waals surface area contributed by atoms with Crippen LogP contribution in [-0.2, 0) is 15.7 Å². The molecule has 0 aliphatic carbocycles. The molecule has 0 aliphatic rings. The van der Waals surface area contributed by atoms with E-state index in [1.165, 1.54) is 29.7 Å². The van der Waals surface area contributed by atoms with Gasteiger partial charge in [0.05, 0.1) is 29.9 Å². The Bertz CT molecular complexity index is 900. The van der Waals surface area contributed by atoms with Crippen LogP contribution in [-0.4, -0.2) is 51.7 Å². The number of carbonyl (C=O) groups excluding carboxylic acids is 2. The zero-order valence-electron chi connectivity index (χ0n) is 15.0. The van der Waals surface area contributed by atoms with Crippen LogP contribution in [0.15, 0.2) is 24.5 Å². The highest BCUT2D eigenvalue weighted by Crippen LogP contribution is 2.28. The number of rotatable bonds is 6. The normalized spacial score (nSPS) is 11.0. The molecule has 0 aliphatic heterocycles. The summed E-state index contributed by atoms with van der Waals surface area (Å²) in [5.74, 6) is -1.19. The highest BCUT2D eigenvalue weighted by molar-refractivity contribution is 5.92. The molecule has 0 spiro atoms. The first-order valence-electron chi connectivity index (χ1n) is 8.01. The quantitative estimate of drug-likeness (QED) is 0.695. The predicted octanol–water partition coefficient (Wildman–Crippen LogP) is 2.12. The first-order valence-corrected chi connectivity index (χ1v) is 8.01. The Morgan fingerprint density at radius 1 is 1.32 bits per heavy atom. The van der Waals surface area contributed by atoms with Crippen LogP contribution < -0.4 is 0 Å². The standard InChI is InChI=1S/C17H16F3N5O3/c1-11-13(16(27)28-10-15(26)24(2)7-3-6-21)9-23-25(11)14-5-4-12(8-22-14)17(18,19)20/h4-5,8-9H,3,7,10H2,1-2H3. The molecule has 2 aromatic heterocycles. The number of carbonyl (C=O) groups is 2. The van der Waals surface area contributed by atoms with Gasteiger partial charge in [-0.25, -0.2) is 14.5 Å². The smallest absolute Gasteiger partial charge is 0.417 e. The Morgan fingerprint density at radius 2 is 2.04 bits per heavy atom. The Balaban J connectivity index is 2.07. The lowest BCUT2D eigenvalue weighted by Gasteiger charge is -2.15. The van der Waals surface area contributed by atoms with Gasteiger partial charge in [-0.05, 0) is 19.1 Å². The molecule has 0 fully saturated rings. The molecule has 2 aromatic rings. The molecule has 0 radical (unpaired) electrons. The molecule has 0 bridgehead atoms. The van der Waals surface area contributed by atoms with E-state index >= 15 is 0 Å². The Labute approximate surface area is 158 Å². The average Bonchev–Trinajstić information content (AvgIpc) is 3.04. The zero-order chi connectivity index (χ0) is 20.9. The maximum Gasteiger partial charge on any atom is 0.417 e. The van der Waals surface area contributed by atoms with Crippen LogP contribution in [0.25, 0.3) is 5.82 Å². The molecule has 0 aromatic carbocycles. The van der Waals surface area contributed by atoms with Gasteiger partial charge in [0.1, 0.15) is 5.56 Å². The summed E-state index contributed by atoms with van der Waals surface area (Å²) in [6.45, 7) is 1.22. The van der Waals surface area contributed by atoms with E-state index in [-0.39, 0.29) is 24.3 Å². The largest absolute Gasteiger partial charge is 0.452 e. The number of aromatic nitrogens is 3. The number of pyridine rings is 1. The van der Waals surface area contributed by atoms with E-state index in [9.17, 15) is 22.8 Å². The average molecular weight is 395 g/mol. The number of alkyl halides is 3. The van der Waals surface area contributed by atoms with Gasteiger partial charge in [0.15, 0.2) is 12.4 Å². The highest BCUT2D eigenvalue weighted by atomic mass is 19.4. The summed E-state index contributed by atoms with van der Waals surface area (Å²) in [5.41, 5.74) is -0.559. The molecule has 0 saturated carbocycles. The monoisotopic (exact) mass is 395 g/mol. The third-order valence-electron chi connectivity index (χ3n) is 3.83. The van der Waals surface area contributed by atoms with Crippen molar-refractivity contribution in [1.29, 1.82) is 5.26 Å². The van der Waals surface area contributed by atoms with Crippen molar-refractivity contribution in [3.8, 4) is 11.9 Å². The summed E-state index contributed by atoms with van der Waals surface area (Å²) in [4.78, 5) is 29.0. The van der Waals surface area contributed by atoms with Crippen LogP contribution in [0.4, 0.5) is 13.2 Å². The maximum atomic E-state index is 12.6. The molecular formula is C17H16F3N5O3. The second-order valence-corrected chi connectivity index (χ2v) is 5.76. The van der Waals surface area contributed by atoms with Crippen molar-refractivity contribution in [2.45, 2.75) is 19.5 Å². The molecule has 1 amide bonds. The molecule has 28 heavy (non-hydrogen) atoms. The molecule has 11 heteroatoms. The molecular weight excluding hydrogens is 379 g/mol. The minimum Gasteiger partial charge on any atom is -0.452 e. The lowest BCUT2D eigenvalue weighted by atomic mass is 10.2. The number of amides is 1. The molecule has 0 atom stereocenters. The van der Waals surface area contributed by atoms with Crippen molar-refractivity contribution in [2.75, 3.05) is 20.2 Å². The topological polar surface area (TPSA) is 101 Å². The van der Waals surface area contributed by atoms with Gasteiger partial charge in [0, 0.05) is 19.8 Å². The number of likely N-dealkylation sites (N-methyl/N-ethyl adjacent to an activating group) is 1. The van der Waals surface area contributed by atoms with Gasteiger partial charge in [0.25, 0.3) is 5.91 Å². The summed E-state index contributed by atoms with van der Waals surface area (Å²) in [6.07, 6.45) is -2.50. The molecule has 148 valence electrons. The van der Waals surface area contributed by atoms with E-state index in [1.807, 2.05) is 6.07 Å². The van der Waals surface area contributed by atoms with Gasteiger partial charge >= 0.3 is 12.1 Å². The van der Waals surface area contributed by atoms with Gasteiger partial charge in [-0.1, -0.05) is 0 Å². The SMILES string of the molecule is Cc1c(C(=O)OCC(=O)N(C)CCC#N)cnn1-c1ccc(C(F)(F)F)cn1. The number of halogens is 3. The minimum atomic E-state index is -4.51. The van der Waals surface area contributed by atoms with Crippen molar-refractivity contribution in [2.24, 2.45) is 0 Å². The van der Waals surface area contributed by atoms with Crippen LogP contribution in [0.3, 0.4) is 0 Å². The Hall–Kier alpha value is -3.42. The first kappa shape index (κ1) is 20.9. The van der Waals surface area contributed by atoms with Crippen LogP contribution in [0.5, 0.6) is 0 Å². The van der Waals surface area contributed by atoms with Crippen LogP contribution in [0.1, 0.15) is 28.0 Å². The number of ether oxygens (including phenoxy) is 1. The summed E-state index contributed by atoms with van der Waals surface area (Å²) in [7, 11) is 1.48. The number of hydrogen-bond acceptors (Lipinski definition) is 6. The van der Waals surface area contributed by atoms with E-state index in [1.54, 1.807) is 0 Å². The molecule has 0 unspecified atom stereocenters. The lowest BCUT2D eigenvalue weighted by molar-refractivity contribution is -0.137. The summed E-state index contributed by atoms with van der Waals surface area (Å²) in [6, 6.07) is 3.89. The van der Waals surface area contributed by atoms with Crippen molar-refractivity contribution >= 4 is 11.9 Å². The van der Waals surface area contributed by atoms with Crippen molar-refractivity contribution < 1.29 is 27.5 Å². The van der Waals surface area contributed by atoms with Crippen molar-refractivity contribution in [3.63, 3.8) is 0 Å². The van der Waals surface area contributed by atoms with E-state index in [2.05, 4.69) is 10.1 Å². The van der Waals surface area contributed by atoms with Crippen molar-refractivity contribution in [3.05, 3.63) is 41.3 Å². The number of hydrogen-bond donors (Lipinski definition) is 0. The van der Waals surface area contributed by atoms with E-state index in [4.69, 9.17) is 10.00 Å². The summed E-state index contributed by atoms with van der Waals surface area (Å²) in [5, 5.41) is 12.4. The Kier molecular flexibility index (Phi) is 6.35. The molecule has 2 rings (SSSR count). The molecule has 0 N–H and O–H groups in total. The van der Waals surface area contributed by atoms with E-state index < -0.39 is 30.2 Å². The summed E-state index contributed by atoms with van der Waals surface area (Å²) < 4.78 is 44.0. The molecule has 0 saturated heterocycles. The second-order valence-electron chi connectivity index (χ2n) is 5.76. The number of nitriles is 1. The number of nitrogens with zero attached hydrogens (tertiary/aromatic N) is 5. The van der Waals surface area contributed by atoms with E-state index in [0.29, 0.717) is 11.9 Å². The van der Waals surface area contributed by atoms with Gasteiger partial charge in [-0.15, -0.1) is 0 Å². The van der Waals surface area contributed by atoms with Gasteiger partial charge in [-0.2, -0.15) is 23.5 Å². The van der Waals surface area contributed by atoms with Gasteiger partial charge in [-0.3, -0.25) is 4.79 Å². The number of esters is 1. The summed E-state index contributed by atoms with van der Waals surface area (Å²) >= 11 is 0. The first-order chi connectivity index (χ1) is 13.1. The molecule has 2 heterocycles. The fourth-order valence-electron chi connectivity index (χ4n) is 2.18. The van der Waals surface area contributed by atoms with Gasteiger partial charge in [0.2, 0.25) is 0 Å². The van der Waals surface area contributed by atoms with Crippen molar-refractivity contribution in [1.82, 2.24) is 19.7 Å². The fraction of sp³-hybridized carbons (Fsp3) is 0.353. The van der Waals surface area contributed by atoms with Crippen LogP contribution in [0, 0.1) is 18.3 Å². The predicted molar refractivity (Wildman–Crippen MR) is 89.2 cm³/mol. The third kappa shape index (κ3) is 4.85. The molecule has 8 nitrogen and oxygen atoms in total. The Morgan fingerprint density at radius 3 is 2.61 bits per heavy atom. The lowest BCUT2D eigenvalue weighted by Crippen LogP contribution is -2.32. The maximum absolute atomic E-state index is 12.6. The van der Waals surface area contributed by atoms with Gasteiger partial charge < -0.3 is 9.64 Å².